The number of nitrogens with two attached hydrogens (primary N) is 1. The number of nitrogens with one attached hydrogen (secondary N) is 2. The zero-order chi connectivity index (χ0) is 44.9. The van der Waals surface area contributed by atoms with Crippen molar-refractivity contribution >= 4 is 36.0 Å². The van der Waals surface area contributed by atoms with Crippen molar-refractivity contribution < 1.29 is 48.2 Å². The highest BCUT2D eigenvalue weighted by Gasteiger charge is 2.37. The molecular formula is C45H67N7O10. The van der Waals surface area contributed by atoms with E-state index in [9.17, 15) is 33.9 Å². The van der Waals surface area contributed by atoms with Crippen LogP contribution in [0, 0.1) is 17.8 Å². The minimum atomic E-state index is -0.899. The number of carbonyl (C=O) groups is 6. The van der Waals surface area contributed by atoms with Crippen molar-refractivity contribution in [2.45, 2.75) is 71.9 Å². The van der Waals surface area contributed by atoms with Crippen LogP contribution in [0.1, 0.15) is 63.1 Å². The van der Waals surface area contributed by atoms with E-state index in [0.717, 1.165) is 29.8 Å². The molecule has 0 aromatic heterocycles. The first kappa shape index (κ1) is 49.7. The fraction of sp³-hybridized carbons (Fsp3) is 0.600. The third-order valence-corrected chi connectivity index (χ3v) is 11.6. The Bertz CT molecular complexity index is 1730. The van der Waals surface area contributed by atoms with Crippen LogP contribution >= 0.6 is 0 Å². The van der Waals surface area contributed by atoms with E-state index < -0.39 is 29.8 Å². The van der Waals surface area contributed by atoms with Gasteiger partial charge >= 0.3 is 11.9 Å². The van der Waals surface area contributed by atoms with Crippen molar-refractivity contribution in [2.24, 2.45) is 23.7 Å². The summed E-state index contributed by atoms with van der Waals surface area (Å²) in [6.45, 7) is 12.7. The fourth-order valence-electron chi connectivity index (χ4n) is 7.90. The maximum absolute atomic E-state index is 13.9. The number of likely N-dealkylation sites (N-methyl/N-ethyl adjacent to an activating group) is 1. The highest BCUT2D eigenvalue weighted by atomic mass is 16.7. The van der Waals surface area contributed by atoms with E-state index >= 15 is 0 Å². The molecule has 5 rings (SSSR count). The molecule has 3 aliphatic heterocycles. The maximum Gasteiger partial charge on any atom is 0.328 e. The molecule has 17 heteroatoms. The zero-order valence-corrected chi connectivity index (χ0v) is 36.6. The van der Waals surface area contributed by atoms with Crippen LogP contribution in [0.2, 0.25) is 0 Å². The smallest absolute Gasteiger partial charge is 0.328 e. The van der Waals surface area contributed by atoms with E-state index in [1.807, 2.05) is 77.1 Å². The van der Waals surface area contributed by atoms with Crippen molar-refractivity contribution in [3.05, 3.63) is 65.2 Å². The lowest BCUT2D eigenvalue weighted by atomic mass is 9.81. The Kier molecular flexibility index (Phi) is 21.3. The molecule has 2 aromatic rings. The number of ether oxygens (including phenoxy) is 2. The number of hydrogen-bond donors (Lipinski definition) is 4. The molecule has 2 amide bonds. The Morgan fingerprint density at radius 2 is 1.52 bits per heavy atom. The van der Waals surface area contributed by atoms with E-state index in [4.69, 9.17) is 15.4 Å². The van der Waals surface area contributed by atoms with Gasteiger partial charge in [-0.25, -0.2) is 0 Å². The summed E-state index contributed by atoms with van der Waals surface area (Å²) in [6, 6.07) is 14.3. The number of carboxylic acid groups (broad SMARTS) is 1. The predicted molar refractivity (Wildman–Crippen MR) is 231 cm³/mol. The largest absolute Gasteiger partial charge is 0.494 e. The highest BCUT2D eigenvalue weighted by Crippen LogP contribution is 2.28. The van der Waals surface area contributed by atoms with Crippen LogP contribution in [0.15, 0.2) is 48.5 Å². The Morgan fingerprint density at radius 3 is 2.11 bits per heavy atom. The Hall–Kier alpha value is -4.94. The number of aryl methyl sites for hydroxylation is 1. The molecule has 3 aliphatic rings. The molecule has 1 fully saturated rings. The third kappa shape index (κ3) is 17.4. The van der Waals surface area contributed by atoms with Crippen LogP contribution in [0.4, 0.5) is 0 Å². The average Bonchev–Trinajstić information content (AvgIpc) is 3.25. The standard InChI is InChI=1S/C45H67N7O10/c1-4-49-17-19-51(30-43(56)57)21-20-50(22-24-52(23-18-49)31-60-32-53)29-42(55)47-28-36-9-7-34(8-10-36)13-16-41(54)40-27-35-11-14-37(15-12-35)61-25-5-6-38(45(59)62-46)39(26-33(2)3)44(58)48-40/h7-12,14-15,32-33,38-40H,4-6,13,16-31,46H2,1-3H3,(H,47,55)(H,48,58)(H,56,57)/t38-,39+,40-/m0/s1. The second-order valence-electron chi connectivity index (χ2n) is 16.6. The highest BCUT2D eigenvalue weighted by molar-refractivity contribution is 5.92. The van der Waals surface area contributed by atoms with Gasteiger partial charge in [-0.15, -0.1) is 0 Å². The van der Waals surface area contributed by atoms with Gasteiger partial charge in [0.15, 0.2) is 5.78 Å². The van der Waals surface area contributed by atoms with Crippen LogP contribution in [-0.4, -0.2) is 152 Å². The Labute approximate surface area is 365 Å². The number of carbonyl (C=O) groups excluding carboxylic acids is 5. The lowest BCUT2D eigenvalue weighted by molar-refractivity contribution is -0.154. The van der Waals surface area contributed by atoms with Gasteiger partial charge in [-0.3, -0.25) is 43.5 Å². The summed E-state index contributed by atoms with van der Waals surface area (Å²) in [5.74, 6) is 2.28. The maximum atomic E-state index is 13.9. The number of aliphatic carboxylic acids is 1. The monoisotopic (exact) mass is 865 g/mol. The number of ketones is 1. The predicted octanol–water partition coefficient (Wildman–Crippen LogP) is 1.86. The van der Waals surface area contributed by atoms with E-state index in [0.29, 0.717) is 90.3 Å². The van der Waals surface area contributed by atoms with Gasteiger partial charge in [-0.05, 0) is 73.4 Å². The first-order valence-corrected chi connectivity index (χ1v) is 21.8. The van der Waals surface area contributed by atoms with Crippen LogP contribution in [-0.2, 0) is 57.7 Å². The van der Waals surface area contributed by atoms with Gasteiger partial charge in [0.2, 0.25) is 11.8 Å². The molecule has 0 spiro atoms. The summed E-state index contributed by atoms with van der Waals surface area (Å²) in [4.78, 5) is 89.3. The van der Waals surface area contributed by atoms with Gasteiger partial charge in [-0.1, -0.05) is 57.2 Å². The molecule has 5 N–H and O–H groups in total. The number of amides is 2. The molecule has 2 aromatic carbocycles. The number of rotatable bonds is 17. The second-order valence-corrected chi connectivity index (χ2v) is 16.6. The fourth-order valence-corrected chi connectivity index (χ4v) is 7.90. The molecule has 0 radical (unpaired) electrons. The zero-order valence-electron chi connectivity index (χ0n) is 36.6. The van der Waals surface area contributed by atoms with Crippen molar-refractivity contribution in [3.63, 3.8) is 0 Å². The lowest BCUT2D eigenvalue weighted by Crippen LogP contribution is -2.48. The number of benzene rings is 2. The normalized spacial score (nSPS) is 20.7. The van der Waals surface area contributed by atoms with Crippen LogP contribution in [0.5, 0.6) is 5.75 Å². The SMILES string of the molecule is CCN1CCN(COC=O)CCN(CC(=O)NCc2ccc(CCC(=O)[C@@H]3Cc4ccc(cc4)OCCC[C@H](C(=O)ON)[C@@H](CC(C)C)C(=O)N3)cc2)CCN(CC(=O)O)CC1. The van der Waals surface area contributed by atoms with E-state index in [1.165, 1.54) is 0 Å². The molecule has 2 bridgehead atoms. The van der Waals surface area contributed by atoms with E-state index in [1.54, 1.807) is 0 Å². The number of fused-ring (bicyclic) bond motifs is 11. The van der Waals surface area contributed by atoms with Gasteiger partial charge < -0.3 is 35.0 Å². The number of nitrogens with zero attached hydrogens (tertiary/aromatic N) is 4. The van der Waals surface area contributed by atoms with Gasteiger partial charge in [0, 0.05) is 65.3 Å². The number of hydrogen-bond acceptors (Lipinski definition) is 14. The van der Waals surface area contributed by atoms with Gasteiger partial charge in [0.05, 0.1) is 37.6 Å². The summed E-state index contributed by atoms with van der Waals surface area (Å²) in [7, 11) is 0. The van der Waals surface area contributed by atoms with Crippen molar-refractivity contribution in [1.82, 2.24) is 30.2 Å². The van der Waals surface area contributed by atoms with Crippen molar-refractivity contribution in [3.8, 4) is 5.75 Å². The molecule has 0 aliphatic carbocycles. The second kappa shape index (κ2) is 26.5. The molecule has 342 valence electrons. The summed E-state index contributed by atoms with van der Waals surface area (Å²) in [5, 5.41) is 15.5. The number of carboxylic acids is 1. The van der Waals surface area contributed by atoms with Gasteiger partial charge in [0.25, 0.3) is 6.47 Å². The number of Topliss-reactive ketones (excluding diaryl/α,β-unsaturated/α-hetero) is 1. The average molecular weight is 866 g/mol. The van der Waals surface area contributed by atoms with Crippen LogP contribution in [0.3, 0.4) is 0 Å². The quantitative estimate of drug-likeness (QED) is 0.132. The van der Waals surface area contributed by atoms with Crippen molar-refractivity contribution in [1.29, 1.82) is 0 Å². The molecule has 0 saturated carbocycles. The Balaban J connectivity index is 1.36. The first-order chi connectivity index (χ1) is 29.9. The molecule has 3 atom stereocenters. The molecule has 3 heterocycles. The first-order valence-electron chi connectivity index (χ1n) is 21.8. The van der Waals surface area contributed by atoms with Crippen molar-refractivity contribution in [2.75, 3.05) is 85.3 Å². The summed E-state index contributed by atoms with van der Waals surface area (Å²) in [5.41, 5.74) is 2.65. The van der Waals surface area contributed by atoms with Gasteiger partial charge in [0.1, 0.15) is 12.5 Å². The third-order valence-electron chi connectivity index (χ3n) is 11.6. The summed E-state index contributed by atoms with van der Waals surface area (Å²) in [6.07, 6.45) is 2.12. The molecule has 0 unspecified atom stereocenters. The van der Waals surface area contributed by atoms with Crippen LogP contribution < -0.4 is 21.3 Å². The molecular weight excluding hydrogens is 799 g/mol. The van der Waals surface area contributed by atoms with E-state index in [2.05, 4.69) is 27.3 Å². The summed E-state index contributed by atoms with van der Waals surface area (Å²) >= 11 is 0. The topological polar surface area (TPSA) is 213 Å². The lowest BCUT2D eigenvalue weighted by Gasteiger charge is -2.33. The minimum absolute atomic E-state index is 0.0863. The molecule has 62 heavy (non-hydrogen) atoms. The Morgan fingerprint density at radius 1 is 0.903 bits per heavy atom. The van der Waals surface area contributed by atoms with Gasteiger partial charge in [-0.2, -0.15) is 5.90 Å². The minimum Gasteiger partial charge on any atom is -0.494 e. The molecule has 17 nitrogen and oxygen atoms in total. The van der Waals surface area contributed by atoms with Crippen LogP contribution in [0.25, 0.3) is 0 Å². The molecule has 1 saturated heterocycles. The summed E-state index contributed by atoms with van der Waals surface area (Å²) < 4.78 is 10.9. The van der Waals surface area contributed by atoms with E-state index in [-0.39, 0.29) is 62.7 Å².